The number of aromatic nitrogens is 2. The number of carbonyl (C=O) groups excluding carboxylic acids is 2. The van der Waals surface area contributed by atoms with Crippen LogP contribution in [0.5, 0.6) is 0 Å². The number of H-pyrrole nitrogens is 1. The number of hydrogen-bond donors (Lipinski definition) is 3. The first-order valence-corrected chi connectivity index (χ1v) is 8.32. The van der Waals surface area contributed by atoms with Crippen molar-refractivity contribution in [2.45, 2.75) is 42.6 Å². The molecule has 134 valence electrons. The van der Waals surface area contributed by atoms with Crippen LogP contribution in [-0.2, 0) is 20.9 Å². The lowest BCUT2D eigenvalue weighted by Crippen LogP contribution is -2.70. The van der Waals surface area contributed by atoms with Crippen LogP contribution in [0.2, 0.25) is 0 Å². The van der Waals surface area contributed by atoms with E-state index in [2.05, 4.69) is 5.32 Å². The van der Waals surface area contributed by atoms with Gasteiger partial charge >= 0.3 is 11.7 Å². The van der Waals surface area contributed by atoms with Crippen molar-refractivity contribution < 1.29 is 19.5 Å². The molecule has 2 aliphatic rings. The zero-order chi connectivity index (χ0) is 18.5. The van der Waals surface area contributed by atoms with Gasteiger partial charge in [-0.3, -0.25) is 23.9 Å². The van der Waals surface area contributed by atoms with E-state index in [0.717, 1.165) is 10.6 Å². The second-order valence-corrected chi connectivity index (χ2v) is 8.15. The van der Waals surface area contributed by atoms with Crippen molar-refractivity contribution in [2.24, 2.45) is 0 Å². The lowest BCUT2D eigenvalue weighted by atomic mass is 9.96. The number of aromatic amines is 1. The average molecular weight is 368 g/mol. The Balaban J connectivity index is 1.70. The smallest absolute Gasteiger partial charge is 0.328 e. The highest BCUT2D eigenvalue weighted by Gasteiger charge is 2.64. The van der Waals surface area contributed by atoms with E-state index in [0.29, 0.717) is 0 Å². The fourth-order valence-electron chi connectivity index (χ4n) is 3.09. The molecule has 1 aromatic rings. The molecule has 25 heavy (non-hydrogen) atoms. The molecule has 10 nitrogen and oxygen atoms in total. The van der Waals surface area contributed by atoms with Crippen molar-refractivity contribution in [3.8, 4) is 0 Å². The number of carboxylic acids is 1. The highest BCUT2D eigenvalue weighted by atomic mass is 32.2. The van der Waals surface area contributed by atoms with E-state index in [1.807, 2.05) is 4.98 Å². The number of aliphatic carboxylic acids is 1. The van der Waals surface area contributed by atoms with Crippen LogP contribution in [0, 0.1) is 0 Å². The molecule has 0 spiro atoms. The number of nitrogens with zero attached hydrogens (tertiary/aromatic N) is 2. The number of hydrogen-bond acceptors (Lipinski definition) is 6. The van der Waals surface area contributed by atoms with Gasteiger partial charge in [0.15, 0.2) is 0 Å². The van der Waals surface area contributed by atoms with Gasteiger partial charge in [-0.25, -0.2) is 9.59 Å². The summed E-state index contributed by atoms with van der Waals surface area (Å²) in [6, 6.07) is -0.679. The normalized spacial score (nSPS) is 26.7. The van der Waals surface area contributed by atoms with Crippen LogP contribution in [0.3, 0.4) is 0 Å². The molecule has 11 heteroatoms. The van der Waals surface area contributed by atoms with Gasteiger partial charge in [0.05, 0.1) is 0 Å². The Morgan fingerprint density at radius 1 is 1.36 bits per heavy atom. The van der Waals surface area contributed by atoms with Crippen molar-refractivity contribution in [3.05, 3.63) is 33.1 Å². The summed E-state index contributed by atoms with van der Waals surface area (Å²) in [5.41, 5.74) is -1.30. The average Bonchev–Trinajstić information content (AvgIpc) is 2.76. The Morgan fingerprint density at radius 2 is 2.04 bits per heavy atom. The molecule has 2 fully saturated rings. The Kier molecular flexibility index (Phi) is 3.98. The van der Waals surface area contributed by atoms with Crippen LogP contribution < -0.4 is 16.6 Å². The van der Waals surface area contributed by atoms with Crippen LogP contribution in [0.25, 0.3) is 0 Å². The largest absolute Gasteiger partial charge is 0.480 e. The molecule has 0 radical (unpaired) electrons. The first-order valence-electron chi connectivity index (χ1n) is 7.44. The summed E-state index contributed by atoms with van der Waals surface area (Å²) in [6.07, 6.45) is 1.18. The van der Waals surface area contributed by atoms with Crippen LogP contribution in [0.15, 0.2) is 21.9 Å². The standard InChI is InChI=1S/C14H16N4O6S/c1-14(2)9(12(22)23)18-10(21)8(11(18)25-14)15-7(20)5-17-4-3-6(19)16-13(17)24/h3-4,8-9,11H,5H2,1-2H3,(H,15,20)(H,22,23)(H,16,19,24)/t8?,9?,11-/m1/s1. The predicted molar refractivity (Wildman–Crippen MR) is 87.0 cm³/mol. The summed E-state index contributed by atoms with van der Waals surface area (Å²) >= 11 is 1.31. The maximum Gasteiger partial charge on any atom is 0.328 e. The molecule has 0 saturated carbocycles. The number of fused-ring (bicyclic) bond motifs is 1. The Bertz CT molecular complexity index is 875. The first-order chi connectivity index (χ1) is 11.6. The second kappa shape index (κ2) is 5.76. The monoisotopic (exact) mass is 368 g/mol. The quantitative estimate of drug-likeness (QED) is 0.531. The van der Waals surface area contributed by atoms with Gasteiger partial charge in [0.2, 0.25) is 11.8 Å². The summed E-state index contributed by atoms with van der Waals surface area (Å²) < 4.78 is 0.324. The van der Waals surface area contributed by atoms with Crippen molar-refractivity contribution in [1.82, 2.24) is 19.8 Å². The third-order valence-corrected chi connectivity index (χ3v) is 5.77. The molecule has 0 aromatic carbocycles. The van der Waals surface area contributed by atoms with E-state index in [1.54, 1.807) is 13.8 Å². The zero-order valence-corrected chi connectivity index (χ0v) is 14.2. The molecule has 0 aliphatic carbocycles. The van der Waals surface area contributed by atoms with Crippen LogP contribution in [0.4, 0.5) is 0 Å². The highest BCUT2D eigenvalue weighted by Crippen LogP contribution is 2.50. The molecule has 3 N–H and O–H groups in total. The molecular formula is C14H16N4O6S. The van der Waals surface area contributed by atoms with E-state index in [4.69, 9.17) is 0 Å². The predicted octanol–water partition coefficient (Wildman–Crippen LogP) is -1.83. The molecule has 2 amide bonds. The van der Waals surface area contributed by atoms with E-state index in [9.17, 15) is 29.1 Å². The third-order valence-electron chi connectivity index (χ3n) is 4.20. The number of thioether (sulfide) groups is 1. The Labute approximate surface area is 145 Å². The Morgan fingerprint density at radius 3 is 2.64 bits per heavy atom. The van der Waals surface area contributed by atoms with Gasteiger partial charge in [-0.05, 0) is 13.8 Å². The van der Waals surface area contributed by atoms with Crippen molar-refractivity contribution in [2.75, 3.05) is 0 Å². The summed E-state index contributed by atoms with van der Waals surface area (Å²) in [5.74, 6) is -2.13. The van der Waals surface area contributed by atoms with Gasteiger partial charge in [-0.15, -0.1) is 11.8 Å². The van der Waals surface area contributed by atoms with Crippen LogP contribution >= 0.6 is 11.8 Å². The van der Waals surface area contributed by atoms with Crippen LogP contribution in [0.1, 0.15) is 13.8 Å². The number of β-lactam (4-membered cyclic amide) rings is 1. The van der Waals surface area contributed by atoms with Gasteiger partial charge in [0.1, 0.15) is 24.0 Å². The van der Waals surface area contributed by atoms with Gasteiger partial charge in [-0.2, -0.15) is 0 Å². The number of rotatable bonds is 4. The number of carboxylic acid groups (broad SMARTS) is 1. The molecule has 2 aliphatic heterocycles. The van der Waals surface area contributed by atoms with E-state index >= 15 is 0 Å². The Hall–Kier alpha value is -2.56. The van der Waals surface area contributed by atoms with Crippen molar-refractivity contribution in [3.63, 3.8) is 0 Å². The van der Waals surface area contributed by atoms with E-state index < -0.39 is 51.2 Å². The van der Waals surface area contributed by atoms with Crippen molar-refractivity contribution >= 4 is 29.5 Å². The zero-order valence-electron chi connectivity index (χ0n) is 13.4. The first kappa shape index (κ1) is 17.3. The molecule has 2 unspecified atom stereocenters. The third kappa shape index (κ3) is 2.84. The van der Waals surface area contributed by atoms with Gasteiger partial charge in [0, 0.05) is 17.0 Å². The minimum atomic E-state index is -1.09. The number of carbonyl (C=O) groups is 3. The van der Waals surface area contributed by atoms with Crippen LogP contribution in [-0.4, -0.2) is 59.5 Å². The minimum Gasteiger partial charge on any atom is -0.480 e. The minimum absolute atomic E-state index is 0.359. The summed E-state index contributed by atoms with van der Waals surface area (Å²) in [4.78, 5) is 61.7. The SMILES string of the molecule is CC1(C)S[C@@H]2C(NC(=O)Cn3ccc(=O)[nH]c3=O)C(=O)N2C1C(=O)O. The maximum absolute atomic E-state index is 12.3. The van der Waals surface area contributed by atoms with E-state index in [1.165, 1.54) is 22.9 Å². The van der Waals surface area contributed by atoms with Gasteiger partial charge < -0.3 is 15.3 Å². The molecule has 0 bridgehead atoms. The molecular weight excluding hydrogens is 352 g/mol. The molecule has 3 rings (SSSR count). The van der Waals surface area contributed by atoms with E-state index in [-0.39, 0.29) is 6.54 Å². The van der Waals surface area contributed by atoms with Crippen molar-refractivity contribution in [1.29, 1.82) is 0 Å². The molecule has 1 aromatic heterocycles. The highest BCUT2D eigenvalue weighted by molar-refractivity contribution is 8.01. The molecule has 3 atom stereocenters. The second-order valence-electron chi connectivity index (χ2n) is 6.38. The lowest BCUT2D eigenvalue weighted by molar-refractivity contribution is -0.161. The molecule has 3 heterocycles. The summed E-state index contributed by atoms with van der Waals surface area (Å²) in [6.45, 7) is 3.12. The fraction of sp³-hybridized carbons (Fsp3) is 0.500. The topological polar surface area (TPSA) is 142 Å². The van der Waals surface area contributed by atoms with Gasteiger partial charge in [0.25, 0.3) is 5.56 Å². The maximum atomic E-state index is 12.3. The molecule has 2 saturated heterocycles. The summed E-state index contributed by atoms with van der Waals surface area (Å²) in [7, 11) is 0. The number of nitrogens with one attached hydrogen (secondary N) is 2. The lowest BCUT2D eigenvalue weighted by Gasteiger charge is -2.43. The fourth-order valence-corrected chi connectivity index (χ4v) is 4.71. The van der Waals surface area contributed by atoms with Gasteiger partial charge in [-0.1, -0.05) is 0 Å². The number of amides is 2. The summed E-state index contributed by atoms with van der Waals surface area (Å²) in [5, 5.41) is 11.4.